The highest BCUT2D eigenvalue weighted by atomic mass is 35.5. The van der Waals surface area contributed by atoms with E-state index in [2.05, 4.69) is 30.3 Å². The second-order valence-corrected chi connectivity index (χ2v) is 5.76. The number of hydrogen-bond acceptors (Lipinski definition) is 2. The Hall–Kier alpha value is -1.64. The lowest BCUT2D eigenvalue weighted by molar-refractivity contribution is 1.39. The Balaban J connectivity index is 2.45. The van der Waals surface area contributed by atoms with Gasteiger partial charge < -0.3 is 0 Å². The quantitative estimate of drug-likeness (QED) is 0.671. The molecule has 0 aliphatic carbocycles. The average molecular weight is 286 g/mol. The van der Waals surface area contributed by atoms with Crippen LogP contribution in [0.5, 0.6) is 0 Å². The lowest BCUT2D eigenvalue weighted by Crippen LogP contribution is -1.89. The molecule has 0 bridgehead atoms. The van der Waals surface area contributed by atoms with Crippen molar-refractivity contribution in [2.24, 2.45) is 4.99 Å². The normalized spacial score (nSPS) is 14.9. The third-order valence-electron chi connectivity index (χ3n) is 3.20. The van der Waals surface area contributed by atoms with Crippen molar-refractivity contribution >= 4 is 48.8 Å². The van der Waals surface area contributed by atoms with E-state index in [0.717, 1.165) is 21.7 Å². The first kappa shape index (κ1) is 12.4. The number of halogens is 1. The van der Waals surface area contributed by atoms with Gasteiger partial charge in [-0.3, -0.25) is 0 Å². The first-order valence-electron chi connectivity index (χ1n) is 5.97. The van der Waals surface area contributed by atoms with Crippen molar-refractivity contribution in [1.29, 1.82) is 0 Å². The molecule has 0 unspecified atom stereocenters. The van der Waals surface area contributed by atoms with Crippen LogP contribution in [0.25, 0.3) is 15.7 Å². The van der Waals surface area contributed by atoms with E-state index in [1.807, 2.05) is 24.3 Å². The van der Waals surface area contributed by atoms with Crippen LogP contribution in [0.2, 0.25) is 0 Å². The van der Waals surface area contributed by atoms with Crippen LogP contribution in [-0.2, 0) is 0 Å². The van der Waals surface area contributed by atoms with Crippen LogP contribution in [-0.4, -0.2) is 5.17 Å². The first-order valence-corrected chi connectivity index (χ1v) is 7.17. The molecule has 94 valence electrons. The van der Waals surface area contributed by atoms with Gasteiger partial charge in [0.1, 0.15) is 10.2 Å². The zero-order valence-electron chi connectivity index (χ0n) is 10.3. The number of hydrogen-bond donors (Lipinski definition) is 0. The van der Waals surface area contributed by atoms with Gasteiger partial charge in [0.25, 0.3) is 0 Å². The molecular formula is C16H12ClNS. The van der Waals surface area contributed by atoms with Gasteiger partial charge in [0.05, 0.1) is 0 Å². The number of fused-ring (bicyclic) bond motifs is 3. The third-order valence-corrected chi connectivity index (χ3v) is 4.48. The Morgan fingerprint density at radius 1 is 1.21 bits per heavy atom. The van der Waals surface area contributed by atoms with Gasteiger partial charge in [-0.15, -0.1) is 11.3 Å². The van der Waals surface area contributed by atoms with Crippen molar-refractivity contribution in [3.8, 4) is 0 Å². The first-order chi connectivity index (χ1) is 9.24. The van der Waals surface area contributed by atoms with E-state index >= 15 is 0 Å². The van der Waals surface area contributed by atoms with Crippen molar-refractivity contribution < 1.29 is 0 Å². The molecule has 3 heteroatoms. The van der Waals surface area contributed by atoms with Crippen LogP contribution in [0, 0.1) is 0 Å². The maximum atomic E-state index is 6.21. The summed E-state index contributed by atoms with van der Waals surface area (Å²) < 4.78 is 1.21. The van der Waals surface area contributed by atoms with Gasteiger partial charge in [-0.05, 0) is 17.2 Å². The van der Waals surface area contributed by atoms with Crippen molar-refractivity contribution in [3.63, 3.8) is 0 Å². The number of benzene rings is 1. The zero-order valence-corrected chi connectivity index (χ0v) is 11.9. The van der Waals surface area contributed by atoms with Gasteiger partial charge in [0.2, 0.25) is 0 Å². The Morgan fingerprint density at radius 2 is 2.00 bits per heavy atom. The molecule has 1 nitrogen and oxygen atoms in total. The number of aliphatic imine (C=N–C) groups is 1. The van der Waals surface area contributed by atoms with Crippen LogP contribution in [0.15, 0.2) is 60.1 Å². The molecule has 1 aromatic carbocycles. The van der Waals surface area contributed by atoms with Gasteiger partial charge in [-0.2, -0.15) is 0 Å². The van der Waals surface area contributed by atoms with Crippen LogP contribution in [0.4, 0.5) is 5.00 Å². The zero-order chi connectivity index (χ0) is 13.4. The molecule has 19 heavy (non-hydrogen) atoms. The van der Waals surface area contributed by atoms with Crippen molar-refractivity contribution in [2.75, 3.05) is 0 Å². The summed E-state index contributed by atoms with van der Waals surface area (Å²) in [4.78, 5) is 4.54. The lowest BCUT2D eigenvalue weighted by Gasteiger charge is -2.06. The monoisotopic (exact) mass is 285 g/mol. The van der Waals surface area contributed by atoms with Gasteiger partial charge in [0, 0.05) is 22.1 Å². The minimum absolute atomic E-state index is 0.597. The summed E-state index contributed by atoms with van der Waals surface area (Å²) in [6, 6.07) is 8.30. The summed E-state index contributed by atoms with van der Waals surface area (Å²) in [5.41, 5.74) is 3.29. The third kappa shape index (κ3) is 1.97. The molecule has 0 spiro atoms. The number of nitrogens with zero attached hydrogens (tertiary/aromatic N) is 1. The minimum Gasteiger partial charge on any atom is -0.229 e. The Kier molecular flexibility index (Phi) is 3.13. The average Bonchev–Trinajstić information content (AvgIpc) is 2.70. The second-order valence-electron chi connectivity index (χ2n) is 4.29. The molecule has 1 aliphatic heterocycles. The standard InChI is InChI=1S/C16H12ClNS/c1-3-10-9-14(17)18-16-15(11(10)4-2)12-7-5-6-8-13(12)19-16/h3-8H,1-2,9H2. The molecule has 0 amide bonds. The number of thiophene rings is 1. The molecule has 0 saturated carbocycles. The largest absolute Gasteiger partial charge is 0.229 e. The summed E-state index contributed by atoms with van der Waals surface area (Å²) in [6.45, 7) is 7.82. The number of allylic oxidation sites excluding steroid dienone is 4. The Labute approximate surface area is 121 Å². The molecular weight excluding hydrogens is 274 g/mol. The van der Waals surface area contributed by atoms with Crippen LogP contribution < -0.4 is 0 Å². The minimum atomic E-state index is 0.597. The Bertz CT molecular complexity index is 749. The fraction of sp³-hybridized carbons (Fsp3) is 0.0625. The summed E-state index contributed by atoms with van der Waals surface area (Å²) in [6.07, 6.45) is 4.33. The topological polar surface area (TPSA) is 12.4 Å². The van der Waals surface area contributed by atoms with E-state index in [4.69, 9.17) is 11.6 Å². The molecule has 2 heterocycles. The van der Waals surface area contributed by atoms with Crippen LogP contribution in [0.3, 0.4) is 0 Å². The van der Waals surface area contributed by atoms with Crippen molar-refractivity contribution in [1.82, 2.24) is 0 Å². The van der Waals surface area contributed by atoms with Gasteiger partial charge in [-0.1, -0.05) is 55.1 Å². The fourth-order valence-corrected chi connectivity index (χ4v) is 3.74. The fourth-order valence-electron chi connectivity index (χ4n) is 2.35. The van der Waals surface area contributed by atoms with E-state index in [-0.39, 0.29) is 0 Å². The molecule has 0 radical (unpaired) electrons. The van der Waals surface area contributed by atoms with E-state index < -0.39 is 0 Å². The van der Waals surface area contributed by atoms with E-state index in [0.29, 0.717) is 11.6 Å². The molecule has 0 N–H and O–H groups in total. The van der Waals surface area contributed by atoms with Crippen molar-refractivity contribution in [3.05, 3.63) is 60.7 Å². The van der Waals surface area contributed by atoms with E-state index in [9.17, 15) is 0 Å². The lowest BCUT2D eigenvalue weighted by atomic mass is 9.97. The van der Waals surface area contributed by atoms with Crippen molar-refractivity contribution in [2.45, 2.75) is 6.42 Å². The smallest absolute Gasteiger partial charge is 0.126 e. The molecule has 1 aliphatic rings. The van der Waals surface area contributed by atoms with Gasteiger partial charge in [0.15, 0.2) is 0 Å². The summed E-state index contributed by atoms with van der Waals surface area (Å²) >= 11 is 7.87. The number of rotatable bonds is 2. The maximum absolute atomic E-state index is 6.21. The summed E-state index contributed by atoms with van der Waals surface area (Å²) in [5, 5.41) is 2.75. The van der Waals surface area contributed by atoms with E-state index in [1.165, 1.54) is 10.1 Å². The predicted molar refractivity (Wildman–Crippen MR) is 86.7 cm³/mol. The van der Waals surface area contributed by atoms with E-state index in [1.54, 1.807) is 11.3 Å². The highest BCUT2D eigenvalue weighted by molar-refractivity contribution is 7.23. The summed E-state index contributed by atoms with van der Waals surface area (Å²) in [7, 11) is 0. The highest BCUT2D eigenvalue weighted by Crippen LogP contribution is 2.45. The van der Waals surface area contributed by atoms with Gasteiger partial charge >= 0.3 is 0 Å². The molecule has 2 aromatic rings. The predicted octanol–water partition coefficient (Wildman–Crippen LogP) is 5.70. The molecule has 1 aromatic heterocycles. The van der Waals surface area contributed by atoms with Gasteiger partial charge in [-0.25, -0.2) is 4.99 Å². The maximum Gasteiger partial charge on any atom is 0.126 e. The molecule has 3 rings (SSSR count). The summed E-state index contributed by atoms with van der Waals surface area (Å²) in [5.74, 6) is 0. The second kappa shape index (κ2) is 4.80. The highest BCUT2D eigenvalue weighted by Gasteiger charge is 2.20. The SMILES string of the molecule is C=CC1=C(C=C)c2c(sc3ccccc23)N=C(Cl)C1. The van der Waals surface area contributed by atoms with Crippen LogP contribution in [0.1, 0.15) is 12.0 Å². The molecule has 0 saturated heterocycles. The van der Waals surface area contributed by atoms with Crippen LogP contribution >= 0.6 is 22.9 Å². The Morgan fingerprint density at radius 3 is 2.74 bits per heavy atom. The molecule has 0 atom stereocenters. The molecule has 0 fully saturated rings.